The van der Waals surface area contributed by atoms with Crippen molar-refractivity contribution in [2.24, 2.45) is 0 Å². The largest absolute Gasteiger partial charge is 0.386 e. The molecule has 0 saturated carbocycles. The van der Waals surface area contributed by atoms with E-state index in [0.29, 0.717) is 12.1 Å². The van der Waals surface area contributed by atoms with Gasteiger partial charge in [0.2, 0.25) is 6.33 Å². The number of imidazole rings is 1. The molecule has 0 amide bonds. The van der Waals surface area contributed by atoms with E-state index < -0.39 is 10.3 Å². The molecule has 0 N–H and O–H groups in total. The van der Waals surface area contributed by atoms with Crippen LogP contribution in [0.5, 0.6) is 0 Å². The summed E-state index contributed by atoms with van der Waals surface area (Å²) in [5.74, 6) is -0.288. The fourth-order valence-corrected chi connectivity index (χ4v) is 2.94. The van der Waals surface area contributed by atoms with Crippen molar-refractivity contribution < 1.29 is 4.92 Å². The molecule has 0 aliphatic heterocycles. The highest BCUT2D eigenvalue weighted by Crippen LogP contribution is 2.36. The third kappa shape index (κ3) is 3.00. The second kappa shape index (κ2) is 6.57. The molecular formula is C19H16N4O2. The molecule has 1 aromatic heterocycles. The molecule has 0 bridgehead atoms. The molecule has 1 heterocycles. The van der Waals surface area contributed by atoms with Crippen molar-refractivity contribution in [2.45, 2.75) is 18.9 Å². The lowest BCUT2D eigenvalue weighted by Crippen LogP contribution is -2.26. The van der Waals surface area contributed by atoms with Gasteiger partial charge in [0.1, 0.15) is 11.1 Å². The number of hydrogen-bond acceptors (Lipinski definition) is 4. The average molecular weight is 332 g/mol. The Morgan fingerprint density at radius 3 is 2.32 bits per heavy atom. The molecule has 0 aliphatic rings. The number of hydrogen-bond donors (Lipinski definition) is 0. The van der Waals surface area contributed by atoms with Gasteiger partial charge >= 0.3 is 5.82 Å². The SMILES string of the molecule is CC(C#N)(c1ccccc1)c1c([N+](=O)[O-])ncn1Cc1ccccc1. The summed E-state index contributed by atoms with van der Waals surface area (Å²) in [4.78, 5) is 14.9. The van der Waals surface area contributed by atoms with Crippen molar-refractivity contribution in [1.29, 1.82) is 5.26 Å². The van der Waals surface area contributed by atoms with Crippen molar-refractivity contribution >= 4 is 5.82 Å². The lowest BCUT2D eigenvalue weighted by Gasteiger charge is -2.23. The number of aromatic nitrogens is 2. The molecule has 0 fully saturated rings. The van der Waals surface area contributed by atoms with E-state index in [1.807, 2.05) is 48.5 Å². The maximum Gasteiger partial charge on any atom is 0.386 e. The molecule has 0 aliphatic carbocycles. The minimum Gasteiger partial charge on any atom is -0.358 e. The summed E-state index contributed by atoms with van der Waals surface area (Å²) in [6.07, 6.45) is 1.43. The zero-order chi connectivity index (χ0) is 17.9. The van der Waals surface area contributed by atoms with Crippen LogP contribution in [0.2, 0.25) is 0 Å². The summed E-state index contributed by atoms with van der Waals surface area (Å²) >= 11 is 0. The van der Waals surface area contributed by atoms with E-state index in [0.717, 1.165) is 5.56 Å². The van der Waals surface area contributed by atoms with E-state index in [1.54, 1.807) is 23.6 Å². The summed E-state index contributed by atoms with van der Waals surface area (Å²) in [5.41, 5.74) is 0.768. The maximum atomic E-state index is 11.5. The first-order valence-corrected chi connectivity index (χ1v) is 7.77. The first-order valence-electron chi connectivity index (χ1n) is 7.77. The summed E-state index contributed by atoms with van der Waals surface area (Å²) in [6, 6.07) is 20.9. The van der Waals surface area contributed by atoms with Gasteiger partial charge < -0.3 is 14.7 Å². The van der Waals surface area contributed by atoms with Crippen LogP contribution in [0.1, 0.15) is 23.7 Å². The molecule has 1 unspecified atom stereocenters. The van der Waals surface area contributed by atoms with E-state index in [-0.39, 0.29) is 11.5 Å². The molecule has 2 aromatic carbocycles. The van der Waals surface area contributed by atoms with Crippen LogP contribution in [0.3, 0.4) is 0 Å². The van der Waals surface area contributed by atoms with Crippen LogP contribution in [0.25, 0.3) is 0 Å². The van der Waals surface area contributed by atoms with Crippen molar-refractivity contribution in [2.75, 3.05) is 0 Å². The Bertz CT molecular complexity index is 929. The fourth-order valence-electron chi connectivity index (χ4n) is 2.94. The molecular weight excluding hydrogens is 316 g/mol. The number of rotatable bonds is 5. The van der Waals surface area contributed by atoms with Crippen LogP contribution in [0.15, 0.2) is 67.0 Å². The number of benzene rings is 2. The zero-order valence-electron chi connectivity index (χ0n) is 13.7. The highest BCUT2D eigenvalue weighted by Gasteiger charge is 2.40. The summed E-state index contributed by atoms with van der Waals surface area (Å²) < 4.78 is 1.68. The molecule has 3 aromatic rings. The number of nitriles is 1. The monoisotopic (exact) mass is 332 g/mol. The minimum atomic E-state index is -1.19. The predicted molar refractivity (Wildman–Crippen MR) is 92.9 cm³/mol. The topological polar surface area (TPSA) is 84.8 Å². The molecule has 25 heavy (non-hydrogen) atoms. The van der Waals surface area contributed by atoms with E-state index in [1.165, 1.54) is 6.33 Å². The van der Waals surface area contributed by atoms with Crippen LogP contribution in [0, 0.1) is 21.4 Å². The van der Waals surface area contributed by atoms with Crippen molar-refractivity contribution in [3.05, 3.63) is 93.9 Å². The smallest absolute Gasteiger partial charge is 0.358 e. The Labute approximate surface area is 145 Å². The highest BCUT2D eigenvalue weighted by atomic mass is 16.6. The summed E-state index contributed by atoms with van der Waals surface area (Å²) in [5, 5.41) is 21.4. The highest BCUT2D eigenvalue weighted by molar-refractivity contribution is 5.49. The Hall–Kier alpha value is -3.46. The predicted octanol–water partition coefficient (Wildman–Crippen LogP) is 3.67. The molecule has 0 spiro atoms. The Morgan fingerprint density at radius 1 is 1.16 bits per heavy atom. The average Bonchev–Trinajstić information content (AvgIpc) is 3.07. The van der Waals surface area contributed by atoms with Gasteiger partial charge in [0.15, 0.2) is 0 Å². The maximum absolute atomic E-state index is 11.5. The summed E-state index contributed by atoms with van der Waals surface area (Å²) in [7, 11) is 0. The molecule has 124 valence electrons. The zero-order valence-corrected chi connectivity index (χ0v) is 13.7. The lowest BCUT2D eigenvalue weighted by atomic mass is 9.80. The molecule has 0 saturated heterocycles. The van der Waals surface area contributed by atoms with Crippen LogP contribution < -0.4 is 0 Å². The normalized spacial score (nSPS) is 13.0. The van der Waals surface area contributed by atoms with E-state index >= 15 is 0 Å². The van der Waals surface area contributed by atoms with Crippen LogP contribution in [0.4, 0.5) is 5.82 Å². The van der Waals surface area contributed by atoms with Crippen LogP contribution >= 0.6 is 0 Å². The first-order chi connectivity index (χ1) is 12.1. The third-order valence-electron chi connectivity index (χ3n) is 4.24. The van der Waals surface area contributed by atoms with Gasteiger partial charge in [-0.15, -0.1) is 0 Å². The second-order valence-electron chi connectivity index (χ2n) is 5.89. The molecule has 6 nitrogen and oxygen atoms in total. The standard InChI is InChI=1S/C19H16N4O2/c1-19(13-20,16-10-6-3-7-11-16)17-18(23(24)25)21-14-22(17)12-15-8-4-2-5-9-15/h2-11,14H,12H2,1H3. The number of nitrogens with zero attached hydrogens (tertiary/aromatic N) is 4. The summed E-state index contributed by atoms with van der Waals surface area (Å²) in [6.45, 7) is 2.09. The van der Waals surface area contributed by atoms with Crippen molar-refractivity contribution in [1.82, 2.24) is 9.55 Å². The first kappa shape index (κ1) is 16.4. The van der Waals surface area contributed by atoms with Gasteiger partial charge in [0.25, 0.3) is 0 Å². The molecule has 3 rings (SSSR count). The fraction of sp³-hybridized carbons (Fsp3) is 0.158. The van der Waals surface area contributed by atoms with E-state index in [4.69, 9.17) is 0 Å². The van der Waals surface area contributed by atoms with Crippen molar-refractivity contribution in [3.8, 4) is 6.07 Å². The van der Waals surface area contributed by atoms with Gasteiger partial charge in [-0.3, -0.25) is 0 Å². The van der Waals surface area contributed by atoms with E-state index in [2.05, 4.69) is 11.1 Å². The Morgan fingerprint density at radius 2 is 1.76 bits per heavy atom. The molecule has 0 radical (unpaired) electrons. The van der Waals surface area contributed by atoms with Gasteiger partial charge in [-0.05, 0) is 28.0 Å². The Balaban J connectivity index is 2.17. The van der Waals surface area contributed by atoms with Gasteiger partial charge in [0.05, 0.1) is 12.6 Å². The Kier molecular flexibility index (Phi) is 4.31. The van der Waals surface area contributed by atoms with Gasteiger partial charge in [-0.2, -0.15) is 5.26 Å². The van der Waals surface area contributed by atoms with Gasteiger partial charge in [0, 0.05) is 0 Å². The molecule has 6 heteroatoms. The minimum absolute atomic E-state index is 0.287. The van der Waals surface area contributed by atoms with Gasteiger partial charge in [-0.25, -0.2) is 0 Å². The van der Waals surface area contributed by atoms with Gasteiger partial charge in [-0.1, -0.05) is 60.7 Å². The van der Waals surface area contributed by atoms with Crippen molar-refractivity contribution in [3.63, 3.8) is 0 Å². The quantitative estimate of drug-likeness (QED) is 0.527. The lowest BCUT2D eigenvalue weighted by molar-refractivity contribution is -0.390. The van der Waals surface area contributed by atoms with Crippen LogP contribution in [-0.2, 0) is 12.0 Å². The molecule has 1 atom stereocenters. The van der Waals surface area contributed by atoms with E-state index in [9.17, 15) is 15.4 Å². The third-order valence-corrected chi connectivity index (χ3v) is 4.24. The van der Waals surface area contributed by atoms with Crippen LogP contribution in [-0.4, -0.2) is 14.5 Å². The second-order valence-corrected chi connectivity index (χ2v) is 5.89. The number of nitro groups is 1.